The van der Waals surface area contributed by atoms with E-state index in [1.807, 2.05) is 0 Å². The van der Waals surface area contributed by atoms with Crippen molar-refractivity contribution < 1.29 is 27.4 Å². The normalized spacial score (nSPS) is 10.7. The van der Waals surface area contributed by atoms with Crippen LogP contribution in [0, 0.1) is 18.3 Å². The summed E-state index contributed by atoms with van der Waals surface area (Å²) in [5, 5.41) is 8.92. The Balaban J connectivity index is 3.27. The van der Waals surface area contributed by atoms with Crippen LogP contribution in [0.4, 0.5) is 13.2 Å². The van der Waals surface area contributed by atoms with E-state index in [9.17, 15) is 18.0 Å². The molecule has 0 saturated carbocycles. The fraction of sp³-hybridized carbons (Fsp3) is 0.333. The summed E-state index contributed by atoms with van der Waals surface area (Å²) in [7, 11) is 0. The zero-order chi connectivity index (χ0) is 14.6. The highest BCUT2D eigenvalue weighted by molar-refractivity contribution is 5.93. The molecule has 1 aromatic rings. The summed E-state index contributed by atoms with van der Waals surface area (Å²) in [6.45, 7) is 3.00. The molecule has 0 fully saturated rings. The Morgan fingerprint density at radius 2 is 2.05 bits per heavy atom. The highest BCUT2D eigenvalue weighted by atomic mass is 19.4. The predicted molar refractivity (Wildman–Crippen MR) is 58.5 cm³/mol. The van der Waals surface area contributed by atoms with Crippen LogP contribution < -0.4 is 4.74 Å². The van der Waals surface area contributed by atoms with E-state index in [1.165, 1.54) is 6.92 Å². The summed E-state index contributed by atoms with van der Waals surface area (Å²) in [5.41, 5.74) is -0.0797. The van der Waals surface area contributed by atoms with E-state index in [1.54, 1.807) is 13.0 Å². The van der Waals surface area contributed by atoms with Gasteiger partial charge in [-0.25, -0.2) is 4.79 Å². The summed E-state index contributed by atoms with van der Waals surface area (Å²) >= 11 is 0. The van der Waals surface area contributed by atoms with Gasteiger partial charge in [0.2, 0.25) is 0 Å². The molecule has 102 valence electrons. The highest BCUT2D eigenvalue weighted by Gasteiger charge is 2.32. The quantitative estimate of drug-likeness (QED) is 0.794. The summed E-state index contributed by atoms with van der Waals surface area (Å²) in [4.78, 5) is 11.6. The molecule has 0 bridgehead atoms. The van der Waals surface area contributed by atoms with E-state index in [2.05, 4.69) is 9.47 Å². The minimum atomic E-state index is -4.87. The number of hydrogen-bond donors (Lipinski definition) is 0. The van der Waals surface area contributed by atoms with E-state index < -0.39 is 18.1 Å². The van der Waals surface area contributed by atoms with Crippen molar-refractivity contribution in [2.45, 2.75) is 20.2 Å². The number of alkyl halides is 3. The van der Waals surface area contributed by atoms with E-state index in [-0.39, 0.29) is 23.3 Å². The van der Waals surface area contributed by atoms with Crippen LogP contribution in [0.1, 0.15) is 28.4 Å². The van der Waals surface area contributed by atoms with Gasteiger partial charge in [-0.05, 0) is 31.5 Å². The summed E-state index contributed by atoms with van der Waals surface area (Å²) < 4.78 is 44.8. The van der Waals surface area contributed by atoms with Crippen LogP contribution in [0.15, 0.2) is 12.1 Å². The first-order valence-electron chi connectivity index (χ1n) is 5.26. The van der Waals surface area contributed by atoms with Gasteiger partial charge in [0.25, 0.3) is 0 Å². The molecule has 1 aromatic carbocycles. The lowest BCUT2D eigenvalue weighted by Gasteiger charge is -2.12. The van der Waals surface area contributed by atoms with Gasteiger partial charge in [0.15, 0.2) is 0 Å². The maximum absolute atomic E-state index is 12.1. The summed E-state index contributed by atoms with van der Waals surface area (Å²) in [6, 6.07) is 3.64. The number of aryl methyl sites for hydroxylation is 1. The largest absolute Gasteiger partial charge is 0.573 e. The van der Waals surface area contributed by atoms with Gasteiger partial charge >= 0.3 is 12.3 Å². The third-order valence-electron chi connectivity index (χ3n) is 2.15. The molecule has 0 saturated heterocycles. The number of rotatable bonds is 3. The second-order valence-corrected chi connectivity index (χ2v) is 3.54. The van der Waals surface area contributed by atoms with Crippen molar-refractivity contribution in [3.05, 3.63) is 28.8 Å². The summed E-state index contributed by atoms with van der Waals surface area (Å²) in [5.74, 6) is -1.43. The minimum Gasteiger partial charge on any atom is -0.462 e. The number of ether oxygens (including phenoxy) is 2. The van der Waals surface area contributed by atoms with Gasteiger partial charge < -0.3 is 9.47 Å². The van der Waals surface area contributed by atoms with Crippen molar-refractivity contribution in [1.29, 1.82) is 5.26 Å². The van der Waals surface area contributed by atoms with Gasteiger partial charge in [0, 0.05) is 0 Å². The van der Waals surface area contributed by atoms with E-state index in [4.69, 9.17) is 5.26 Å². The van der Waals surface area contributed by atoms with Gasteiger partial charge in [0.05, 0.1) is 17.7 Å². The first-order chi connectivity index (χ1) is 8.78. The van der Waals surface area contributed by atoms with Crippen molar-refractivity contribution in [3.8, 4) is 11.8 Å². The molecule has 0 aliphatic heterocycles. The number of esters is 1. The number of benzene rings is 1. The molecule has 0 radical (unpaired) electrons. The van der Waals surface area contributed by atoms with Crippen molar-refractivity contribution in [2.75, 3.05) is 6.61 Å². The number of nitriles is 1. The molecule has 0 N–H and O–H groups in total. The van der Waals surface area contributed by atoms with Crippen LogP contribution in [0.25, 0.3) is 0 Å². The van der Waals surface area contributed by atoms with Gasteiger partial charge in [0.1, 0.15) is 11.8 Å². The highest BCUT2D eigenvalue weighted by Crippen LogP contribution is 2.27. The number of carbonyl (C=O) groups excluding carboxylic acids is 1. The predicted octanol–water partition coefficient (Wildman–Crippen LogP) is 2.94. The Bertz CT molecular complexity index is 532. The van der Waals surface area contributed by atoms with Crippen molar-refractivity contribution in [1.82, 2.24) is 0 Å². The molecule has 0 aromatic heterocycles. The lowest BCUT2D eigenvalue weighted by Crippen LogP contribution is -2.18. The molecule has 0 heterocycles. The van der Waals surface area contributed by atoms with Crippen molar-refractivity contribution in [3.63, 3.8) is 0 Å². The molecule has 0 unspecified atom stereocenters. The standard InChI is InChI=1S/C12H10F3NO3/c1-3-18-11(17)9-5-8(19-12(13,14)15)4-7(2)10(9)6-16/h4-5H,3H2,1-2H3. The molecule has 7 heteroatoms. The number of hydrogen-bond acceptors (Lipinski definition) is 4. The van der Waals surface area contributed by atoms with Gasteiger partial charge in [-0.1, -0.05) is 0 Å². The molecule has 1 rings (SSSR count). The second kappa shape index (κ2) is 5.61. The maximum atomic E-state index is 12.1. The van der Waals surface area contributed by atoms with Gasteiger partial charge in [-0.3, -0.25) is 0 Å². The Morgan fingerprint density at radius 3 is 2.53 bits per heavy atom. The van der Waals surface area contributed by atoms with Crippen LogP contribution in [0.3, 0.4) is 0 Å². The molecule has 0 atom stereocenters. The first-order valence-corrected chi connectivity index (χ1v) is 5.26. The van der Waals surface area contributed by atoms with E-state index in [0.29, 0.717) is 0 Å². The van der Waals surface area contributed by atoms with Crippen LogP contribution in [-0.4, -0.2) is 18.9 Å². The molecular formula is C12H10F3NO3. The monoisotopic (exact) mass is 273 g/mol. The van der Waals surface area contributed by atoms with Crippen LogP contribution in [0.5, 0.6) is 5.75 Å². The van der Waals surface area contributed by atoms with Gasteiger partial charge in [-0.2, -0.15) is 5.26 Å². The third kappa shape index (κ3) is 3.88. The molecule has 0 aliphatic carbocycles. The molecule has 4 nitrogen and oxygen atoms in total. The number of carbonyl (C=O) groups is 1. The average Bonchev–Trinajstić information content (AvgIpc) is 2.26. The van der Waals surface area contributed by atoms with Crippen LogP contribution in [0.2, 0.25) is 0 Å². The van der Waals surface area contributed by atoms with Crippen LogP contribution in [-0.2, 0) is 4.74 Å². The van der Waals surface area contributed by atoms with Crippen molar-refractivity contribution in [2.24, 2.45) is 0 Å². The smallest absolute Gasteiger partial charge is 0.462 e. The number of halogens is 3. The Hall–Kier alpha value is -2.23. The summed E-state index contributed by atoms with van der Waals surface area (Å²) in [6.07, 6.45) is -4.87. The lowest BCUT2D eigenvalue weighted by atomic mass is 10.0. The van der Waals surface area contributed by atoms with E-state index in [0.717, 1.165) is 12.1 Å². The average molecular weight is 273 g/mol. The molecule has 19 heavy (non-hydrogen) atoms. The SMILES string of the molecule is CCOC(=O)c1cc(OC(F)(F)F)cc(C)c1C#N. The molecular weight excluding hydrogens is 263 g/mol. The fourth-order valence-corrected chi connectivity index (χ4v) is 1.46. The first kappa shape index (κ1) is 14.8. The maximum Gasteiger partial charge on any atom is 0.573 e. The molecule has 0 aliphatic rings. The van der Waals surface area contributed by atoms with Gasteiger partial charge in [-0.15, -0.1) is 13.2 Å². The molecule has 0 spiro atoms. The Kier molecular flexibility index (Phi) is 4.38. The zero-order valence-electron chi connectivity index (χ0n) is 10.2. The Morgan fingerprint density at radius 1 is 1.42 bits per heavy atom. The van der Waals surface area contributed by atoms with E-state index >= 15 is 0 Å². The topological polar surface area (TPSA) is 59.3 Å². The fourth-order valence-electron chi connectivity index (χ4n) is 1.46. The van der Waals surface area contributed by atoms with Crippen molar-refractivity contribution >= 4 is 5.97 Å². The minimum absolute atomic E-state index is 0.0343. The second-order valence-electron chi connectivity index (χ2n) is 3.54. The lowest BCUT2D eigenvalue weighted by molar-refractivity contribution is -0.274. The van der Waals surface area contributed by atoms with Crippen LogP contribution >= 0.6 is 0 Å². The molecule has 0 amide bonds. The Labute approximate surface area is 107 Å². The number of nitrogens with zero attached hydrogens (tertiary/aromatic N) is 1. The zero-order valence-corrected chi connectivity index (χ0v) is 10.2. The third-order valence-corrected chi connectivity index (χ3v) is 2.15.